The first-order chi connectivity index (χ1) is 33.5. The maximum Gasteiger partial charge on any atom is 0.227 e. The second-order valence-corrected chi connectivity index (χ2v) is 19.6. The van der Waals surface area contributed by atoms with E-state index in [4.69, 9.17) is 14.4 Å². The number of aryl methyl sites for hydroxylation is 1. The van der Waals surface area contributed by atoms with Crippen LogP contribution >= 0.6 is 0 Å². The van der Waals surface area contributed by atoms with Crippen molar-refractivity contribution in [1.82, 2.24) is 4.98 Å². The third kappa shape index (κ3) is 7.07. The number of rotatable bonds is 7. The summed E-state index contributed by atoms with van der Waals surface area (Å²) in [5, 5.41) is 0. The van der Waals surface area contributed by atoms with Crippen LogP contribution in [0.15, 0.2) is 216 Å². The minimum atomic E-state index is -0.252. The summed E-state index contributed by atoms with van der Waals surface area (Å²) in [5.74, 6) is 0.627. The van der Waals surface area contributed by atoms with E-state index in [0.29, 0.717) is 5.89 Å². The van der Waals surface area contributed by atoms with Gasteiger partial charge in [0, 0.05) is 33.5 Å². The number of nitrogens with zero attached hydrogens (tertiary/aromatic N) is 4. The number of fused-ring (bicyclic) bond motifs is 5. The molecule has 5 heteroatoms. The van der Waals surface area contributed by atoms with Crippen LogP contribution in [0.3, 0.4) is 0 Å². The predicted octanol–water partition coefficient (Wildman–Crippen LogP) is 17.5. The van der Waals surface area contributed by atoms with Gasteiger partial charge in [-0.05, 0) is 167 Å². The fourth-order valence-corrected chi connectivity index (χ4v) is 10.8. The Morgan fingerprint density at radius 3 is 1.55 bits per heavy atom. The van der Waals surface area contributed by atoms with Crippen molar-refractivity contribution in [2.45, 2.75) is 52.4 Å². The quantitative estimate of drug-likeness (QED) is 0.150. The Labute approximate surface area is 404 Å². The van der Waals surface area contributed by atoms with Gasteiger partial charge in [0.15, 0.2) is 5.58 Å². The fourth-order valence-electron chi connectivity index (χ4n) is 10.8. The lowest BCUT2D eigenvalue weighted by Crippen LogP contribution is -2.31. The average molecular weight is 893 g/mol. The molecule has 3 heterocycles. The van der Waals surface area contributed by atoms with Gasteiger partial charge in [-0.25, -0.2) is 4.98 Å². The van der Waals surface area contributed by atoms with Gasteiger partial charge in [-0.1, -0.05) is 137 Å². The van der Waals surface area contributed by atoms with Crippen LogP contribution in [0.1, 0.15) is 68.0 Å². The first kappa shape index (κ1) is 42.1. The van der Waals surface area contributed by atoms with Crippen LogP contribution in [-0.2, 0) is 10.8 Å². The molecule has 0 spiro atoms. The number of aromatic nitrogens is 1. The zero-order chi connectivity index (χ0) is 47.0. The summed E-state index contributed by atoms with van der Waals surface area (Å²) < 4.78 is 6.19. The Kier molecular flexibility index (Phi) is 9.89. The highest BCUT2D eigenvalue weighted by atomic mass is 16.3. The summed E-state index contributed by atoms with van der Waals surface area (Å²) >= 11 is 0. The summed E-state index contributed by atoms with van der Waals surface area (Å²) in [6.45, 7) is 13.6. The monoisotopic (exact) mass is 892 g/mol. The molecular formula is C64H52N4O. The predicted molar refractivity (Wildman–Crippen MR) is 287 cm³/mol. The Morgan fingerprint density at radius 1 is 0.449 bits per heavy atom. The van der Waals surface area contributed by atoms with Crippen molar-refractivity contribution in [2.75, 3.05) is 9.80 Å². The number of hydrogen-bond donors (Lipinski definition) is 0. The standard InChI is InChI=1S/C64H52N4O/c1-41-17-7-10-24-55(41)65-42(2)43-18-15-19-44(37-43)46-29-35-59-53(39-46)63(3,4)51-22-8-12-26-57(51)67(59)49-31-33-50(34-32-49)68-58-27-13-9-23-52(58)64(5,6)54-40-47(30-36-60(54)68)45-20-16-21-48(38-45)62-66-56-25-11-14-28-61(56)69-62/h7-40H,1-6H3. The molecule has 0 fully saturated rings. The molecule has 0 bridgehead atoms. The van der Waals surface area contributed by atoms with Gasteiger partial charge in [0.25, 0.3) is 0 Å². The molecule has 9 aromatic carbocycles. The molecule has 5 nitrogen and oxygen atoms in total. The Morgan fingerprint density at radius 2 is 0.942 bits per heavy atom. The lowest BCUT2D eigenvalue weighted by atomic mass is 9.72. The van der Waals surface area contributed by atoms with Gasteiger partial charge >= 0.3 is 0 Å². The van der Waals surface area contributed by atoms with E-state index >= 15 is 0 Å². The molecule has 0 saturated carbocycles. The first-order valence-electron chi connectivity index (χ1n) is 23.9. The minimum Gasteiger partial charge on any atom is -0.436 e. The van der Waals surface area contributed by atoms with E-state index in [1.807, 2.05) is 30.3 Å². The number of para-hydroxylation sites is 5. The number of hydrogen-bond acceptors (Lipinski definition) is 5. The number of oxazole rings is 1. The van der Waals surface area contributed by atoms with Gasteiger partial charge in [0.05, 0.1) is 28.4 Å². The third-order valence-corrected chi connectivity index (χ3v) is 14.6. The van der Waals surface area contributed by atoms with Crippen LogP contribution in [-0.4, -0.2) is 10.7 Å². The molecule has 0 unspecified atom stereocenters. The molecule has 0 radical (unpaired) electrons. The molecule has 69 heavy (non-hydrogen) atoms. The molecular weight excluding hydrogens is 841 g/mol. The molecule has 0 aliphatic carbocycles. The van der Waals surface area contributed by atoms with Crippen molar-refractivity contribution >= 4 is 56.6 Å². The average Bonchev–Trinajstić information content (AvgIpc) is 3.83. The number of benzene rings is 9. The second-order valence-electron chi connectivity index (χ2n) is 19.6. The Bertz CT molecular complexity index is 3630. The summed E-state index contributed by atoms with van der Waals surface area (Å²) in [4.78, 5) is 14.7. The van der Waals surface area contributed by atoms with E-state index in [1.165, 1.54) is 61.7 Å². The van der Waals surface area contributed by atoms with E-state index in [0.717, 1.165) is 56.1 Å². The van der Waals surface area contributed by atoms with Crippen LogP contribution in [0.5, 0.6) is 0 Å². The molecule has 0 atom stereocenters. The van der Waals surface area contributed by atoms with Gasteiger partial charge in [-0.2, -0.15) is 0 Å². The smallest absolute Gasteiger partial charge is 0.227 e. The van der Waals surface area contributed by atoms with E-state index in [1.54, 1.807) is 0 Å². The maximum atomic E-state index is 6.19. The number of aliphatic imine (C=N–C) groups is 1. The van der Waals surface area contributed by atoms with Crippen molar-refractivity contribution in [3.05, 3.63) is 240 Å². The zero-order valence-electron chi connectivity index (χ0n) is 39.8. The van der Waals surface area contributed by atoms with Gasteiger partial charge in [-0.15, -0.1) is 0 Å². The summed E-state index contributed by atoms with van der Waals surface area (Å²) in [7, 11) is 0. The summed E-state index contributed by atoms with van der Waals surface area (Å²) in [5.41, 5.74) is 23.1. The maximum absolute atomic E-state index is 6.19. The van der Waals surface area contributed by atoms with Crippen molar-refractivity contribution < 1.29 is 4.42 Å². The van der Waals surface area contributed by atoms with E-state index in [9.17, 15) is 0 Å². The molecule has 10 aromatic rings. The van der Waals surface area contributed by atoms with Crippen molar-refractivity contribution in [2.24, 2.45) is 4.99 Å². The highest BCUT2D eigenvalue weighted by molar-refractivity contribution is 6.01. The number of anilines is 6. The van der Waals surface area contributed by atoms with Crippen molar-refractivity contribution in [3.63, 3.8) is 0 Å². The Balaban J connectivity index is 0.911. The highest BCUT2D eigenvalue weighted by Crippen LogP contribution is 2.55. The van der Waals surface area contributed by atoms with E-state index < -0.39 is 0 Å². The van der Waals surface area contributed by atoms with Crippen molar-refractivity contribution in [3.8, 4) is 33.7 Å². The largest absolute Gasteiger partial charge is 0.436 e. The van der Waals surface area contributed by atoms with Gasteiger partial charge in [-0.3, -0.25) is 4.99 Å². The molecule has 12 rings (SSSR count). The summed E-state index contributed by atoms with van der Waals surface area (Å²) in [6, 6.07) is 74.4. The molecule has 2 aliphatic rings. The van der Waals surface area contributed by atoms with E-state index in [-0.39, 0.29) is 10.8 Å². The van der Waals surface area contributed by atoms with Gasteiger partial charge in [0.1, 0.15) is 5.52 Å². The highest BCUT2D eigenvalue weighted by Gasteiger charge is 2.39. The molecule has 2 aliphatic heterocycles. The molecule has 0 N–H and O–H groups in total. The normalized spacial score (nSPS) is 14.5. The molecule has 0 amide bonds. The first-order valence-corrected chi connectivity index (χ1v) is 23.9. The molecule has 1 aromatic heterocycles. The SMILES string of the molecule is CC(=Nc1ccccc1C)c1cccc(-c2ccc3c(c2)C(C)(C)c2ccccc2N3c2ccc(N3c4ccccc4C(C)(C)c4cc(-c5cccc(-c6nc7ccccc7o6)c5)ccc43)cc2)c1. The van der Waals surface area contributed by atoms with Crippen LogP contribution in [0.2, 0.25) is 0 Å². The van der Waals surface area contributed by atoms with Crippen LogP contribution in [0.25, 0.3) is 44.8 Å². The van der Waals surface area contributed by atoms with E-state index in [2.05, 4.69) is 227 Å². The Hall–Kier alpha value is -8.28. The van der Waals surface area contributed by atoms with Crippen molar-refractivity contribution in [1.29, 1.82) is 0 Å². The summed E-state index contributed by atoms with van der Waals surface area (Å²) in [6.07, 6.45) is 0. The van der Waals surface area contributed by atoms with Crippen LogP contribution in [0.4, 0.5) is 39.8 Å². The minimum absolute atomic E-state index is 0.239. The fraction of sp³-hybridized carbons (Fsp3) is 0.125. The second kappa shape index (κ2) is 16.2. The lowest BCUT2D eigenvalue weighted by molar-refractivity contribution is 0.620. The third-order valence-electron chi connectivity index (χ3n) is 14.6. The lowest BCUT2D eigenvalue weighted by Gasteiger charge is -2.43. The van der Waals surface area contributed by atoms with Crippen LogP contribution in [0, 0.1) is 6.92 Å². The van der Waals surface area contributed by atoms with Gasteiger partial charge < -0.3 is 14.2 Å². The van der Waals surface area contributed by atoms with Crippen LogP contribution < -0.4 is 9.80 Å². The zero-order valence-corrected chi connectivity index (χ0v) is 39.8. The topological polar surface area (TPSA) is 44.9 Å². The molecule has 0 saturated heterocycles. The molecule has 334 valence electrons. The van der Waals surface area contributed by atoms with Gasteiger partial charge in [0.2, 0.25) is 5.89 Å².